The molecule has 1 N–H and O–H groups in total. The monoisotopic (exact) mass is 482 g/mol. The number of rotatable bonds is 8. The van der Waals surface area contributed by atoms with Gasteiger partial charge in [-0.3, -0.25) is 10.00 Å². The summed E-state index contributed by atoms with van der Waals surface area (Å²) in [5.74, 6) is 0.910. The highest BCUT2D eigenvalue weighted by Gasteiger charge is 2.24. The largest absolute Gasteiger partial charge is 0.493 e. The Hall–Kier alpha value is -3.02. The highest BCUT2D eigenvalue weighted by Crippen LogP contribution is 2.39. The number of nitrogens with one attached hydrogen (secondary N) is 1. The number of aromatic amines is 1. The molecule has 1 saturated heterocycles. The summed E-state index contributed by atoms with van der Waals surface area (Å²) in [5, 5.41) is 14.4. The third kappa shape index (κ3) is 4.26. The fourth-order valence-electron chi connectivity index (χ4n) is 4.41. The number of pyridine rings is 1. The Bertz CT molecular complexity index is 1260. The number of nitrogens with zero attached hydrogens (tertiary/aromatic N) is 7. The molecular weight excluding hydrogens is 452 g/mol. The minimum atomic E-state index is 0.248. The van der Waals surface area contributed by atoms with Crippen molar-refractivity contribution in [3.8, 4) is 27.7 Å². The van der Waals surface area contributed by atoms with E-state index in [0.717, 1.165) is 66.9 Å². The maximum Gasteiger partial charge on any atom is 0.197 e. The normalized spacial score (nSPS) is 15.0. The summed E-state index contributed by atoms with van der Waals surface area (Å²) in [6.07, 6.45) is 5.45. The zero-order valence-electron chi connectivity index (χ0n) is 20.0. The first kappa shape index (κ1) is 22.8. The van der Waals surface area contributed by atoms with Crippen LogP contribution in [-0.4, -0.2) is 88.2 Å². The van der Waals surface area contributed by atoms with Crippen LogP contribution in [0.1, 0.15) is 25.3 Å². The van der Waals surface area contributed by atoms with Crippen molar-refractivity contribution in [3.63, 3.8) is 0 Å². The van der Waals surface area contributed by atoms with Crippen molar-refractivity contribution in [2.45, 2.75) is 19.8 Å². The molecule has 0 aromatic carbocycles. The van der Waals surface area contributed by atoms with E-state index in [1.165, 1.54) is 11.3 Å². The van der Waals surface area contributed by atoms with E-state index in [4.69, 9.17) is 19.6 Å². The van der Waals surface area contributed by atoms with Crippen LogP contribution in [0.4, 0.5) is 5.00 Å². The van der Waals surface area contributed by atoms with Crippen LogP contribution >= 0.6 is 11.3 Å². The molecule has 0 atom stereocenters. The highest BCUT2D eigenvalue weighted by molar-refractivity contribution is 7.18. The van der Waals surface area contributed by atoms with Gasteiger partial charge in [-0.1, -0.05) is 25.2 Å². The van der Waals surface area contributed by atoms with Crippen molar-refractivity contribution in [3.05, 3.63) is 30.4 Å². The predicted molar refractivity (Wildman–Crippen MR) is 133 cm³/mol. The Balaban J connectivity index is 1.43. The molecule has 0 amide bonds. The molecule has 1 aliphatic heterocycles. The average Bonchev–Trinajstić information content (AvgIpc) is 3.61. The third-order valence-corrected chi connectivity index (χ3v) is 7.29. The number of methoxy groups -OCH3 is 2. The zero-order valence-corrected chi connectivity index (χ0v) is 20.8. The SMILES string of the molecule is COCCN1CCN(c2cnc(-c3[nH]nc(-c4cc(OC)c5ncnn5c4)c3C(C)C)s2)CC1. The van der Waals surface area contributed by atoms with E-state index in [1.807, 2.05) is 18.5 Å². The predicted octanol–water partition coefficient (Wildman–Crippen LogP) is 3.14. The van der Waals surface area contributed by atoms with Crippen LogP contribution in [0.3, 0.4) is 0 Å². The molecule has 0 bridgehead atoms. The summed E-state index contributed by atoms with van der Waals surface area (Å²) in [7, 11) is 3.40. The number of hydrogen-bond acceptors (Lipinski definition) is 9. The Kier molecular flexibility index (Phi) is 6.48. The standard InChI is InChI=1S/C23H30N8O2S/c1-15(2)19-20(16-11-17(33-4)22-25-14-26-31(22)13-16)27-28-21(19)23-24-12-18(34-23)30-7-5-29(6-8-30)9-10-32-3/h11-15H,5-10H2,1-4H3,(H,27,28). The van der Waals surface area contributed by atoms with Gasteiger partial charge >= 0.3 is 0 Å². The van der Waals surface area contributed by atoms with Gasteiger partial charge in [0.25, 0.3) is 0 Å². The van der Waals surface area contributed by atoms with E-state index in [1.54, 1.807) is 30.1 Å². The summed E-state index contributed by atoms with van der Waals surface area (Å²) in [5.41, 5.74) is 4.58. The summed E-state index contributed by atoms with van der Waals surface area (Å²) in [6, 6.07) is 1.96. The van der Waals surface area contributed by atoms with Crippen molar-refractivity contribution in [1.29, 1.82) is 0 Å². The van der Waals surface area contributed by atoms with Gasteiger partial charge < -0.3 is 14.4 Å². The fraction of sp³-hybridized carbons (Fsp3) is 0.478. The molecule has 1 fully saturated rings. The van der Waals surface area contributed by atoms with Gasteiger partial charge in [0, 0.05) is 57.2 Å². The first-order valence-electron chi connectivity index (χ1n) is 11.5. The number of H-pyrrole nitrogens is 1. The molecule has 0 saturated carbocycles. The summed E-state index contributed by atoms with van der Waals surface area (Å²) in [6.45, 7) is 10.2. The molecule has 180 valence electrons. The quantitative estimate of drug-likeness (QED) is 0.409. The molecule has 4 aromatic rings. The van der Waals surface area contributed by atoms with Crippen LogP contribution in [0, 0.1) is 0 Å². The van der Waals surface area contributed by atoms with E-state index in [-0.39, 0.29) is 5.92 Å². The number of ether oxygens (including phenoxy) is 2. The summed E-state index contributed by atoms with van der Waals surface area (Å²) >= 11 is 1.71. The van der Waals surface area contributed by atoms with Gasteiger partial charge in [0.1, 0.15) is 16.3 Å². The first-order valence-corrected chi connectivity index (χ1v) is 12.3. The van der Waals surface area contributed by atoms with Crippen LogP contribution in [0.15, 0.2) is 24.8 Å². The van der Waals surface area contributed by atoms with Crippen LogP contribution in [0.2, 0.25) is 0 Å². The number of fused-ring (bicyclic) bond motifs is 1. The Morgan fingerprint density at radius 2 is 1.97 bits per heavy atom. The Morgan fingerprint density at radius 1 is 1.15 bits per heavy atom. The lowest BCUT2D eigenvalue weighted by molar-refractivity contribution is 0.144. The second-order valence-corrected chi connectivity index (χ2v) is 9.68. The number of piperazine rings is 1. The van der Waals surface area contributed by atoms with Gasteiger partial charge in [0.05, 0.1) is 31.3 Å². The van der Waals surface area contributed by atoms with Crippen LogP contribution in [-0.2, 0) is 4.74 Å². The van der Waals surface area contributed by atoms with E-state index >= 15 is 0 Å². The van der Waals surface area contributed by atoms with Gasteiger partial charge in [-0.05, 0) is 12.0 Å². The lowest BCUT2D eigenvalue weighted by atomic mass is 9.97. The maximum atomic E-state index is 5.55. The minimum Gasteiger partial charge on any atom is -0.493 e. The van der Waals surface area contributed by atoms with Crippen molar-refractivity contribution in [1.82, 2.24) is 34.7 Å². The van der Waals surface area contributed by atoms with E-state index in [2.05, 4.69) is 38.8 Å². The molecule has 0 unspecified atom stereocenters. The number of aromatic nitrogens is 6. The summed E-state index contributed by atoms with van der Waals surface area (Å²) < 4.78 is 12.5. The number of thiazole rings is 1. The maximum absolute atomic E-state index is 5.55. The zero-order chi connectivity index (χ0) is 23.7. The van der Waals surface area contributed by atoms with E-state index in [0.29, 0.717) is 11.4 Å². The van der Waals surface area contributed by atoms with E-state index in [9.17, 15) is 0 Å². The third-order valence-electron chi connectivity index (χ3n) is 6.22. The van der Waals surface area contributed by atoms with Gasteiger partial charge in [0.2, 0.25) is 0 Å². The molecule has 4 aromatic heterocycles. The molecule has 5 heterocycles. The molecule has 0 aliphatic carbocycles. The molecule has 0 spiro atoms. The smallest absolute Gasteiger partial charge is 0.197 e. The lowest BCUT2D eigenvalue weighted by Gasteiger charge is -2.34. The second kappa shape index (κ2) is 9.69. The number of anilines is 1. The van der Waals surface area contributed by atoms with Gasteiger partial charge in [-0.15, -0.1) is 0 Å². The molecular formula is C23H30N8O2S. The molecule has 0 radical (unpaired) electrons. The van der Waals surface area contributed by atoms with Crippen molar-refractivity contribution >= 4 is 22.0 Å². The number of hydrogen-bond donors (Lipinski definition) is 1. The molecule has 10 nitrogen and oxygen atoms in total. The van der Waals surface area contributed by atoms with Crippen LogP contribution < -0.4 is 9.64 Å². The average molecular weight is 483 g/mol. The molecule has 34 heavy (non-hydrogen) atoms. The van der Waals surface area contributed by atoms with Crippen molar-refractivity contribution in [2.75, 3.05) is 58.5 Å². The first-order chi connectivity index (χ1) is 16.6. The molecule has 1 aliphatic rings. The van der Waals surface area contributed by atoms with E-state index < -0.39 is 0 Å². The van der Waals surface area contributed by atoms with Crippen molar-refractivity contribution in [2.24, 2.45) is 0 Å². The Labute approximate surface area is 202 Å². The summed E-state index contributed by atoms with van der Waals surface area (Å²) in [4.78, 5) is 13.9. The molecule has 5 rings (SSSR count). The van der Waals surface area contributed by atoms with Gasteiger partial charge in [0.15, 0.2) is 11.4 Å². The van der Waals surface area contributed by atoms with Gasteiger partial charge in [-0.25, -0.2) is 14.5 Å². The Morgan fingerprint density at radius 3 is 2.71 bits per heavy atom. The van der Waals surface area contributed by atoms with Crippen LogP contribution in [0.5, 0.6) is 5.75 Å². The topological polar surface area (TPSA) is 96.7 Å². The lowest BCUT2D eigenvalue weighted by Crippen LogP contribution is -2.47. The molecule has 11 heteroatoms. The minimum absolute atomic E-state index is 0.248. The highest BCUT2D eigenvalue weighted by atomic mass is 32.1. The fourth-order valence-corrected chi connectivity index (χ4v) is 5.39. The van der Waals surface area contributed by atoms with Gasteiger partial charge in [-0.2, -0.15) is 10.2 Å². The second-order valence-electron chi connectivity index (χ2n) is 8.67. The van der Waals surface area contributed by atoms with Crippen molar-refractivity contribution < 1.29 is 9.47 Å². The van der Waals surface area contributed by atoms with Crippen LogP contribution in [0.25, 0.3) is 27.6 Å².